The lowest BCUT2D eigenvalue weighted by molar-refractivity contribution is -0.134. The molecule has 0 aromatic carbocycles. The van der Waals surface area contributed by atoms with Gasteiger partial charge in [0.05, 0.1) is 18.7 Å². The maximum atomic E-state index is 13.0. The van der Waals surface area contributed by atoms with Crippen molar-refractivity contribution in [3.8, 4) is 0 Å². The molecule has 9 heteroatoms. The first-order chi connectivity index (χ1) is 11.3. The van der Waals surface area contributed by atoms with Crippen LogP contribution < -0.4 is 0 Å². The lowest BCUT2D eigenvalue weighted by Crippen LogP contribution is -2.57. The molecule has 0 aliphatic carbocycles. The van der Waals surface area contributed by atoms with Gasteiger partial charge >= 0.3 is 6.18 Å². The number of halogens is 3. The predicted octanol–water partition coefficient (Wildman–Crippen LogP) is 2.49. The van der Waals surface area contributed by atoms with E-state index in [0.717, 1.165) is 31.4 Å². The summed E-state index contributed by atoms with van der Waals surface area (Å²) in [6.07, 6.45) is -3.06. The van der Waals surface area contributed by atoms with Gasteiger partial charge in [-0.15, -0.1) is 11.3 Å². The zero-order valence-electron chi connectivity index (χ0n) is 13.4. The number of alkyl halides is 3. The number of rotatable bonds is 2. The Morgan fingerprint density at radius 1 is 1.25 bits per heavy atom. The number of hydrogen-bond acceptors (Lipinski definition) is 5. The van der Waals surface area contributed by atoms with Crippen LogP contribution >= 0.6 is 11.3 Å². The molecule has 3 rings (SSSR count). The molecule has 2 aliphatic rings. The summed E-state index contributed by atoms with van der Waals surface area (Å²) in [5, 5.41) is 0. The van der Waals surface area contributed by atoms with Crippen molar-refractivity contribution in [1.82, 2.24) is 14.8 Å². The maximum absolute atomic E-state index is 13.0. The van der Waals surface area contributed by atoms with Crippen molar-refractivity contribution >= 4 is 17.2 Å². The van der Waals surface area contributed by atoms with Gasteiger partial charge in [-0.05, 0) is 19.8 Å². The molecule has 5 nitrogen and oxygen atoms in total. The third-order valence-electron chi connectivity index (χ3n) is 4.93. The second kappa shape index (κ2) is 6.61. The molecular weight excluding hydrogens is 343 g/mol. The van der Waals surface area contributed by atoms with Crippen molar-refractivity contribution in [3.63, 3.8) is 0 Å². The van der Waals surface area contributed by atoms with E-state index >= 15 is 0 Å². The molecule has 2 saturated heterocycles. The van der Waals surface area contributed by atoms with E-state index in [1.54, 1.807) is 0 Å². The van der Waals surface area contributed by atoms with Gasteiger partial charge in [0.15, 0.2) is 5.69 Å². The second-order valence-electron chi connectivity index (χ2n) is 6.42. The fourth-order valence-corrected chi connectivity index (χ4v) is 4.01. The van der Waals surface area contributed by atoms with E-state index in [1.807, 2.05) is 0 Å². The Bertz CT molecular complexity index is 591. The molecule has 24 heavy (non-hydrogen) atoms. The van der Waals surface area contributed by atoms with Crippen molar-refractivity contribution in [3.05, 3.63) is 16.1 Å². The van der Waals surface area contributed by atoms with Crippen LogP contribution in [-0.2, 0) is 10.9 Å². The van der Waals surface area contributed by atoms with Gasteiger partial charge in [0, 0.05) is 31.7 Å². The van der Waals surface area contributed by atoms with Crippen molar-refractivity contribution in [2.24, 2.45) is 0 Å². The zero-order chi connectivity index (χ0) is 17.4. The van der Waals surface area contributed by atoms with E-state index < -0.39 is 22.7 Å². The van der Waals surface area contributed by atoms with Crippen LogP contribution in [0, 0.1) is 0 Å². The molecule has 1 aromatic heterocycles. The van der Waals surface area contributed by atoms with E-state index in [4.69, 9.17) is 4.74 Å². The molecule has 0 radical (unpaired) electrons. The molecule has 134 valence electrons. The van der Waals surface area contributed by atoms with E-state index in [1.165, 1.54) is 4.90 Å². The molecule has 1 aromatic rings. The number of ether oxygens (including phenoxy) is 1. The predicted molar refractivity (Wildman–Crippen MR) is 83.1 cm³/mol. The first-order valence-corrected chi connectivity index (χ1v) is 8.82. The number of nitrogens with zero attached hydrogens (tertiary/aromatic N) is 3. The molecule has 0 N–H and O–H groups in total. The van der Waals surface area contributed by atoms with Crippen LogP contribution in [0.15, 0.2) is 5.51 Å². The summed E-state index contributed by atoms with van der Waals surface area (Å²) < 4.78 is 44.2. The van der Waals surface area contributed by atoms with Gasteiger partial charge in [-0.2, -0.15) is 13.2 Å². The molecule has 0 saturated carbocycles. The van der Waals surface area contributed by atoms with Crippen LogP contribution in [0.5, 0.6) is 0 Å². The lowest BCUT2D eigenvalue weighted by Gasteiger charge is -2.48. The van der Waals surface area contributed by atoms with Gasteiger partial charge < -0.3 is 9.64 Å². The number of carbonyl (C=O) groups excluding carboxylic acids is 1. The second-order valence-corrected chi connectivity index (χ2v) is 7.27. The average Bonchev–Trinajstić information content (AvgIpc) is 3.06. The Morgan fingerprint density at radius 3 is 2.46 bits per heavy atom. The van der Waals surface area contributed by atoms with Gasteiger partial charge in [0.1, 0.15) is 4.88 Å². The third-order valence-corrected chi connectivity index (χ3v) is 5.80. The summed E-state index contributed by atoms with van der Waals surface area (Å²) in [6, 6.07) is 0. The average molecular weight is 363 g/mol. The summed E-state index contributed by atoms with van der Waals surface area (Å²) in [5.74, 6) is -0.618. The molecule has 2 aliphatic heterocycles. The van der Waals surface area contributed by atoms with E-state index in [9.17, 15) is 18.0 Å². The molecule has 0 atom stereocenters. The van der Waals surface area contributed by atoms with Crippen LogP contribution in [0.25, 0.3) is 0 Å². The zero-order valence-corrected chi connectivity index (χ0v) is 14.3. The molecule has 0 spiro atoms. The summed E-state index contributed by atoms with van der Waals surface area (Å²) >= 11 is 0.466. The van der Waals surface area contributed by atoms with Gasteiger partial charge in [0.25, 0.3) is 5.91 Å². The van der Waals surface area contributed by atoms with Crippen molar-refractivity contribution in [2.45, 2.75) is 31.5 Å². The normalized spacial score (nSPS) is 22.6. The fourth-order valence-electron chi connectivity index (χ4n) is 3.36. The summed E-state index contributed by atoms with van der Waals surface area (Å²) in [6.45, 7) is 6.16. The topological polar surface area (TPSA) is 45.7 Å². The Kier molecular flexibility index (Phi) is 4.85. The van der Waals surface area contributed by atoms with E-state index in [0.29, 0.717) is 37.6 Å². The first-order valence-electron chi connectivity index (χ1n) is 7.94. The van der Waals surface area contributed by atoms with E-state index in [2.05, 4.69) is 16.8 Å². The van der Waals surface area contributed by atoms with Crippen LogP contribution in [0.2, 0.25) is 0 Å². The quantitative estimate of drug-likeness (QED) is 0.810. The van der Waals surface area contributed by atoms with Gasteiger partial charge in [-0.3, -0.25) is 9.69 Å². The smallest absolute Gasteiger partial charge is 0.379 e. The number of thiazole rings is 1. The van der Waals surface area contributed by atoms with Gasteiger partial charge in [-0.25, -0.2) is 4.98 Å². The molecule has 3 heterocycles. The first kappa shape index (κ1) is 17.6. The summed E-state index contributed by atoms with van der Waals surface area (Å²) in [4.78, 5) is 19.1. The largest absolute Gasteiger partial charge is 0.427 e. The minimum absolute atomic E-state index is 0.0323. The van der Waals surface area contributed by atoms with Crippen molar-refractivity contribution < 1.29 is 22.7 Å². The molecule has 2 fully saturated rings. The number of likely N-dealkylation sites (tertiary alicyclic amines) is 1. The molecular formula is C15H20F3N3O2S. The van der Waals surface area contributed by atoms with Crippen molar-refractivity contribution in [1.29, 1.82) is 0 Å². The Morgan fingerprint density at radius 2 is 1.88 bits per heavy atom. The van der Waals surface area contributed by atoms with Crippen LogP contribution in [0.4, 0.5) is 13.2 Å². The minimum atomic E-state index is -4.54. The Balaban J connectivity index is 1.66. The monoisotopic (exact) mass is 363 g/mol. The molecule has 1 amide bonds. The minimum Gasteiger partial charge on any atom is -0.379 e. The fraction of sp³-hybridized carbons (Fsp3) is 0.733. The highest BCUT2D eigenvalue weighted by Gasteiger charge is 2.41. The summed E-state index contributed by atoms with van der Waals surface area (Å²) in [7, 11) is 0. The molecule has 0 bridgehead atoms. The lowest BCUT2D eigenvalue weighted by atomic mass is 9.87. The van der Waals surface area contributed by atoms with Crippen LogP contribution in [-0.4, -0.2) is 65.6 Å². The standard InChI is InChI=1S/C15H20F3N3O2S/c1-14(21-6-8-23-9-7-21)2-4-20(5-3-14)13(22)11-12(15(16,17)18)24-10-19-11/h10H,2-9H2,1H3. The Labute approximate surface area is 142 Å². The SMILES string of the molecule is CC1(N2CCOCC2)CCN(C(=O)c2ncsc2C(F)(F)F)CC1. The van der Waals surface area contributed by atoms with E-state index in [-0.39, 0.29) is 5.54 Å². The Hall–Kier alpha value is -1.19. The number of hydrogen-bond donors (Lipinski definition) is 0. The number of morpholine rings is 1. The highest BCUT2D eigenvalue weighted by atomic mass is 32.1. The maximum Gasteiger partial charge on any atom is 0.427 e. The number of aromatic nitrogens is 1. The summed E-state index contributed by atoms with van der Waals surface area (Å²) in [5.41, 5.74) is 0.579. The van der Waals surface area contributed by atoms with Gasteiger partial charge in [0.2, 0.25) is 0 Å². The van der Waals surface area contributed by atoms with Gasteiger partial charge in [-0.1, -0.05) is 0 Å². The van der Waals surface area contributed by atoms with Crippen molar-refractivity contribution in [2.75, 3.05) is 39.4 Å². The number of amides is 1. The van der Waals surface area contributed by atoms with Crippen LogP contribution in [0.1, 0.15) is 35.1 Å². The molecule has 0 unspecified atom stereocenters. The number of piperidine rings is 1. The number of carbonyl (C=O) groups is 1. The third kappa shape index (κ3) is 3.43. The highest BCUT2D eigenvalue weighted by molar-refractivity contribution is 7.10. The highest BCUT2D eigenvalue weighted by Crippen LogP contribution is 2.36. The van der Waals surface area contributed by atoms with Crippen LogP contribution in [0.3, 0.4) is 0 Å².